The van der Waals surface area contributed by atoms with Gasteiger partial charge in [0.05, 0.1) is 18.0 Å². The molecule has 0 aliphatic heterocycles. The molecule has 0 N–H and O–H groups in total. The van der Waals surface area contributed by atoms with Crippen molar-refractivity contribution in [1.29, 1.82) is 0 Å². The monoisotopic (exact) mass is 365 g/mol. The fraction of sp³-hybridized carbons (Fsp3) is 0.300. The molecule has 0 saturated heterocycles. The highest BCUT2D eigenvalue weighted by Crippen LogP contribution is 2.31. The number of aromatic nitrogens is 1. The van der Waals surface area contributed by atoms with Crippen molar-refractivity contribution in [3.05, 3.63) is 29.1 Å². The van der Waals surface area contributed by atoms with Gasteiger partial charge < -0.3 is 9.47 Å². The van der Waals surface area contributed by atoms with Crippen LogP contribution in [0.15, 0.2) is 12.1 Å². The average Bonchev–Trinajstić information content (AvgIpc) is 2.35. The fourth-order valence-electron chi connectivity index (χ4n) is 1.12. The minimum Gasteiger partial charge on any atom is -0.464 e. The van der Waals surface area contributed by atoms with Crippen LogP contribution in [0.25, 0.3) is 0 Å². The van der Waals surface area contributed by atoms with Gasteiger partial charge >= 0.3 is 11.9 Å². The van der Waals surface area contributed by atoms with Crippen molar-refractivity contribution in [2.45, 2.75) is 3.74 Å². The first-order valence-electron chi connectivity index (χ1n) is 4.47. The third-order valence-electron chi connectivity index (χ3n) is 1.93. The predicted octanol–water partition coefficient (Wildman–Crippen LogP) is 2.44. The molecule has 5 nitrogen and oxygen atoms in total. The van der Waals surface area contributed by atoms with Gasteiger partial charge in [0.25, 0.3) is 0 Å². The van der Waals surface area contributed by atoms with E-state index in [1.54, 1.807) is 6.07 Å². The molecule has 17 heavy (non-hydrogen) atoms. The van der Waals surface area contributed by atoms with E-state index in [-0.39, 0.29) is 15.1 Å². The summed E-state index contributed by atoms with van der Waals surface area (Å²) in [5, 5.41) is 0. The summed E-state index contributed by atoms with van der Waals surface area (Å²) >= 11 is 6.52. The second-order valence-corrected chi connectivity index (χ2v) is 5.98. The summed E-state index contributed by atoms with van der Waals surface area (Å²) in [6.07, 6.45) is 0. The van der Waals surface area contributed by atoms with Crippen LogP contribution >= 0.6 is 31.9 Å². The number of ether oxygens (including phenoxy) is 2. The molecule has 7 heteroatoms. The molecule has 0 amide bonds. The highest BCUT2D eigenvalue weighted by molar-refractivity contribution is 9.24. The average molecular weight is 367 g/mol. The van der Waals surface area contributed by atoms with Gasteiger partial charge in [0.1, 0.15) is 5.69 Å². The summed E-state index contributed by atoms with van der Waals surface area (Å²) in [6, 6.07) is 3.07. The van der Waals surface area contributed by atoms with E-state index in [1.807, 2.05) is 0 Å². The van der Waals surface area contributed by atoms with E-state index in [4.69, 9.17) is 0 Å². The summed E-state index contributed by atoms with van der Waals surface area (Å²) in [6.45, 7) is 0. The molecule has 0 saturated carbocycles. The van der Waals surface area contributed by atoms with E-state index in [0.29, 0.717) is 5.56 Å². The number of pyridine rings is 1. The summed E-state index contributed by atoms with van der Waals surface area (Å²) in [4.78, 5) is 26.7. The molecule has 1 aromatic rings. The number of alkyl halides is 2. The molecular weight excluding hydrogens is 358 g/mol. The Bertz CT molecular complexity index is 448. The van der Waals surface area contributed by atoms with E-state index in [1.165, 1.54) is 20.3 Å². The highest BCUT2D eigenvalue weighted by Gasteiger charge is 2.20. The molecule has 0 radical (unpaired) electrons. The van der Waals surface area contributed by atoms with E-state index in [0.717, 1.165) is 0 Å². The number of rotatable bonds is 3. The first-order chi connectivity index (χ1) is 8.01. The molecule has 0 fully saturated rings. The van der Waals surface area contributed by atoms with Gasteiger partial charge in [-0.15, -0.1) is 0 Å². The van der Waals surface area contributed by atoms with E-state index < -0.39 is 11.9 Å². The van der Waals surface area contributed by atoms with E-state index in [9.17, 15) is 9.59 Å². The number of hydrogen-bond donors (Lipinski definition) is 0. The molecule has 0 atom stereocenters. The summed E-state index contributed by atoms with van der Waals surface area (Å²) in [5.74, 6) is -1.22. The molecule has 0 aliphatic rings. The Morgan fingerprint density at radius 3 is 2.24 bits per heavy atom. The first kappa shape index (κ1) is 14.1. The van der Waals surface area contributed by atoms with Crippen LogP contribution in [0, 0.1) is 0 Å². The van der Waals surface area contributed by atoms with Crippen LogP contribution in [-0.2, 0) is 9.47 Å². The maximum absolute atomic E-state index is 11.5. The van der Waals surface area contributed by atoms with Crippen molar-refractivity contribution in [3.63, 3.8) is 0 Å². The molecule has 0 aromatic carbocycles. The van der Waals surface area contributed by atoms with Gasteiger partial charge in [0, 0.05) is 5.56 Å². The number of carbonyl (C=O) groups excluding carboxylic acids is 2. The zero-order valence-corrected chi connectivity index (χ0v) is 12.2. The van der Waals surface area contributed by atoms with Crippen LogP contribution in [0.5, 0.6) is 0 Å². The maximum atomic E-state index is 11.5. The zero-order valence-electron chi connectivity index (χ0n) is 9.07. The SMILES string of the molecule is COC(=O)c1ccc(C(Br)Br)c(C(=O)OC)n1. The number of carbonyl (C=O) groups is 2. The lowest BCUT2D eigenvalue weighted by atomic mass is 10.2. The minimum atomic E-state index is -0.616. The van der Waals surface area contributed by atoms with Crippen LogP contribution in [0.4, 0.5) is 0 Å². The van der Waals surface area contributed by atoms with Crippen LogP contribution in [-0.4, -0.2) is 31.1 Å². The summed E-state index contributed by atoms with van der Waals surface area (Å²) in [5.41, 5.74) is 0.691. The normalized spacial score (nSPS) is 10.2. The zero-order chi connectivity index (χ0) is 13.0. The standard InChI is InChI=1S/C10H9Br2NO4/c1-16-9(14)6-4-3-5(8(11)12)7(13-6)10(15)17-2/h3-4,8H,1-2H3. The third-order valence-corrected chi connectivity index (χ3v) is 2.92. The van der Waals surface area contributed by atoms with Gasteiger partial charge in [-0.2, -0.15) is 0 Å². The van der Waals surface area contributed by atoms with E-state index in [2.05, 4.69) is 46.3 Å². The predicted molar refractivity (Wildman–Crippen MR) is 67.5 cm³/mol. The Morgan fingerprint density at radius 1 is 1.18 bits per heavy atom. The van der Waals surface area contributed by atoms with Crippen LogP contribution in [0.1, 0.15) is 30.3 Å². The first-order valence-corrected chi connectivity index (χ1v) is 6.30. The largest absolute Gasteiger partial charge is 0.464 e. The Balaban J connectivity index is 3.29. The molecule has 92 valence electrons. The lowest BCUT2D eigenvalue weighted by Crippen LogP contribution is -2.13. The molecule has 0 unspecified atom stereocenters. The second kappa shape index (κ2) is 6.11. The van der Waals surface area contributed by atoms with Gasteiger partial charge in [0.15, 0.2) is 5.69 Å². The van der Waals surface area contributed by atoms with Gasteiger partial charge in [-0.3, -0.25) is 0 Å². The van der Waals surface area contributed by atoms with Gasteiger partial charge in [-0.1, -0.05) is 37.9 Å². The van der Waals surface area contributed by atoms with Crippen LogP contribution in [0.3, 0.4) is 0 Å². The van der Waals surface area contributed by atoms with Crippen LogP contribution in [0.2, 0.25) is 0 Å². The van der Waals surface area contributed by atoms with Gasteiger partial charge in [-0.05, 0) is 6.07 Å². The maximum Gasteiger partial charge on any atom is 0.357 e. The number of hydrogen-bond acceptors (Lipinski definition) is 5. The molecule has 0 bridgehead atoms. The van der Waals surface area contributed by atoms with Gasteiger partial charge in [-0.25, -0.2) is 14.6 Å². The molecule has 1 aromatic heterocycles. The third kappa shape index (κ3) is 3.26. The van der Waals surface area contributed by atoms with Crippen LogP contribution < -0.4 is 0 Å². The second-order valence-electron chi connectivity index (χ2n) is 2.92. The fourth-order valence-corrected chi connectivity index (χ4v) is 1.86. The number of nitrogens with zero attached hydrogens (tertiary/aromatic N) is 1. The summed E-state index contributed by atoms with van der Waals surface area (Å²) < 4.78 is 8.87. The Hall–Kier alpha value is -0.950. The Kier molecular flexibility index (Phi) is 5.07. The van der Waals surface area contributed by atoms with Crippen molar-refractivity contribution in [2.75, 3.05) is 14.2 Å². The van der Waals surface area contributed by atoms with Crippen molar-refractivity contribution < 1.29 is 19.1 Å². The van der Waals surface area contributed by atoms with Crippen molar-refractivity contribution >= 4 is 43.8 Å². The molecule has 0 spiro atoms. The lowest BCUT2D eigenvalue weighted by Gasteiger charge is -2.09. The smallest absolute Gasteiger partial charge is 0.357 e. The molecular formula is C10H9Br2NO4. The topological polar surface area (TPSA) is 65.5 Å². The van der Waals surface area contributed by atoms with E-state index >= 15 is 0 Å². The lowest BCUT2D eigenvalue weighted by molar-refractivity contribution is 0.0585. The molecule has 0 aliphatic carbocycles. The Morgan fingerprint density at radius 2 is 1.76 bits per heavy atom. The van der Waals surface area contributed by atoms with Crippen molar-refractivity contribution in [1.82, 2.24) is 4.98 Å². The summed E-state index contributed by atoms with van der Waals surface area (Å²) in [7, 11) is 2.49. The highest BCUT2D eigenvalue weighted by atomic mass is 79.9. The van der Waals surface area contributed by atoms with Crippen molar-refractivity contribution in [3.8, 4) is 0 Å². The quantitative estimate of drug-likeness (QED) is 0.607. The van der Waals surface area contributed by atoms with Gasteiger partial charge in [0.2, 0.25) is 0 Å². The van der Waals surface area contributed by atoms with Crippen molar-refractivity contribution in [2.24, 2.45) is 0 Å². The number of halogens is 2. The Labute approximate surface area is 115 Å². The minimum absolute atomic E-state index is 0.0531. The number of methoxy groups -OCH3 is 2. The molecule has 1 rings (SSSR count). The molecule has 1 heterocycles. The number of esters is 2.